The Labute approximate surface area is 137 Å². The molecule has 0 radical (unpaired) electrons. The van der Waals surface area contributed by atoms with Gasteiger partial charge in [0.2, 0.25) is 5.82 Å². The van der Waals surface area contributed by atoms with E-state index in [0.717, 1.165) is 22.3 Å². The van der Waals surface area contributed by atoms with Crippen LogP contribution >= 0.6 is 0 Å². The molecule has 0 saturated heterocycles. The minimum absolute atomic E-state index is 0.246. The Morgan fingerprint density at radius 1 is 1.12 bits per heavy atom. The van der Waals surface area contributed by atoms with Crippen molar-refractivity contribution in [3.8, 4) is 23.0 Å². The Morgan fingerprint density at radius 3 is 2.75 bits per heavy atom. The van der Waals surface area contributed by atoms with E-state index in [0.29, 0.717) is 17.4 Å². The largest absolute Gasteiger partial charge is 0.334 e. The van der Waals surface area contributed by atoms with Crippen molar-refractivity contribution in [3.63, 3.8) is 0 Å². The summed E-state index contributed by atoms with van der Waals surface area (Å²) in [5.74, 6) is 0.816. The van der Waals surface area contributed by atoms with E-state index in [9.17, 15) is 0 Å². The molecule has 0 atom stereocenters. The van der Waals surface area contributed by atoms with Crippen molar-refractivity contribution in [3.05, 3.63) is 36.3 Å². The molecule has 0 N–H and O–H groups in total. The van der Waals surface area contributed by atoms with Crippen LogP contribution in [-0.2, 0) is 0 Å². The molecule has 120 valence electrons. The molecule has 0 fully saturated rings. The first-order chi connectivity index (χ1) is 11.6. The number of aromatic nitrogens is 7. The molecule has 4 aromatic rings. The fourth-order valence-electron chi connectivity index (χ4n) is 2.41. The van der Waals surface area contributed by atoms with Crippen LogP contribution in [0.2, 0.25) is 0 Å². The number of fused-ring (bicyclic) bond motifs is 1. The normalized spacial score (nSPS) is 11.5. The molecule has 8 nitrogen and oxygen atoms in total. The lowest BCUT2D eigenvalue weighted by atomic mass is 10.2. The topological polar surface area (TPSA) is 95.4 Å². The second kappa shape index (κ2) is 5.48. The van der Waals surface area contributed by atoms with Crippen LogP contribution in [0, 0.1) is 6.92 Å². The number of hydrogen-bond donors (Lipinski definition) is 0. The lowest BCUT2D eigenvalue weighted by molar-refractivity contribution is 0.432. The van der Waals surface area contributed by atoms with Gasteiger partial charge in [-0.15, -0.1) is 5.10 Å². The van der Waals surface area contributed by atoms with Gasteiger partial charge in [0.05, 0.1) is 17.4 Å². The van der Waals surface area contributed by atoms with Gasteiger partial charge in [0.1, 0.15) is 11.2 Å². The summed E-state index contributed by atoms with van der Waals surface area (Å²) in [5, 5.41) is 12.4. The molecule has 0 amide bonds. The van der Waals surface area contributed by atoms with Crippen molar-refractivity contribution >= 4 is 11.0 Å². The molecule has 1 aromatic carbocycles. The van der Waals surface area contributed by atoms with Gasteiger partial charge < -0.3 is 4.52 Å². The molecule has 0 saturated carbocycles. The van der Waals surface area contributed by atoms with E-state index in [4.69, 9.17) is 4.52 Å². The van der Waals surface area contributed by atoms with E-state index in [2.05, 4.69) is 44.3 Å². The molecule has 0 aliphatic rings. The standard InChI is InChI=1S/C16H15N7O/c1-9(2)23-14-5-4-11(6-12(14)20-22-23)16-19-15(21-24-16)13-8-17-10(3)7-18-13/h4-9H,1-3H3. The second-order valence-corrected chi connectivity index (χ2v) is 5.80. The van der Waals surface area contributed by atoms with E-state index in [1.54, 1.807) is 12.4 Å². The summed E-state index contributed by atoms with van der Waals surface area (Å²) in [5.41, 5.74) is 3.95. The van der Waals surface area contributed by atoms with Gasteiger partial charge in [-0.3, -0.25) is 4.98 Å². The van der Waals surface area contributed by atoms with Crippen molar-refractivity contribution < 1.29 is 4.52 Å². The molecular formula is C16H15N7O. The molecule has 3 heterocycles. The molecule has 0 bridgehead atoms. The summed E-state index contributed by atoms with van der Waals surface area (Å²) in [7, 11) is 0. The highest BCUT2D eigenvalue weighted by atomic mass is 16.5. The molecule has 0 aliphatic heterocycles. The number of aryl methyl sites for hydroxylation is 1. The minimum atomic E-state index is 0.246. The molecule has 0 spiro atoms. The van der Waals surface area contributed by atoms with Crippen molar-refractivity contribution in [1.82, 2.24) is 35.1 Å². The summed E-state index contributed by atoms with van der Waals surface area (Å²) in [6.45, 7) is 6.00. The maximum atomic E-state index is 5.35. The van der Waals surface area contributed by atoms with E-state index >= 15 is 0 Å². The van der Waals surface area contributed by atoms with Crippen LogP contribution in [0.25, 0.3) is 34.0 Å². The van der Waals surface area contributed by atoms with Crippen LogP contribution in [0.5, 0.6) is 0 Å². The Hall–Kier alpha value is -3.16. The highest BCUT2D eigenvalue weighted by Gasteiger charge is 2.14. The number of nitrogens with zero attached hydrogens (tertiary/aromatic N) is 7. The Kier molecular flexibility index (Phi) is 3.30. The van der Waals surface area contributed by atoms with E-state index in [1.165, 1.54) is 0 Å². The van der Waals surface area contributed by atoms with Gasteiger partial charge in [-0.1, -0.05) is 10.4 Å². The minimum Gasteiger partial charge on any atom is -0.334 e. The zero-order valence-electron chi connectivity index (χ0n) is 13.5. The Morgan fingerprint density at radius 2 is 2.00 bits per heavy atom. The third-order valence-corrected chi connectivity index (χ3v) is 3.64. The average molecular weight is 321 g/mol. The van der Waals surface area contributed by atoms with Gasteiger partial charge in [0.25, 0.3) is 5.89 Å². The predicted molar refractivity (Wildman–Crippen MR) is 87.0 cm³/mol. The SMILES string of the molecule is Cc1cnc(-c2noc(-c3ccc4c(c3)nnn4C(C)C)n2)cn1. The van der Waals surface area contributed by atoms with Gasteiger partial charge in [-0.25, -0.2) is 9.67 Å². The van der Waals surface area contributed by atoms with Crippen molar-refractivity contribution in [2.24, 2.45) is 0 Å². The number of hydrogen-bond acceptors (Lipinski definition) is 7. The fraction of sp³-hybridized carbons (Fsp3) is 0.250. The lowest BCUT2D eigenvalue weighted by Gasteiger charge is -2.04. The maximum absolute atomic E-state index is 5.35. The van der Waals surface area contributed by atoms with Crippen LogP contribution in [0.4, 0.5) is 0 Å². The summed E-state index contributed by atoms with van der Waals surface area (Å²) in [6, 6.07) is 6.01. The first-order valence-electron chi connectivity index (χ1n) is 7.60. The van der Waals surface area contributed by atoms with Crippen LogP contribution in [-0.4, -0.2) is 35.1 Å². The summed E-state index contributed by atoms with van der Waals surface area (Å²) in [6.07, 6.45) is 3.29. The highest BCUT2D eigenvalue weighted by Crippen LogP contribution is 2.25. The Bertz CT molecular complexity index is 1000. The first-order valence-corrected chi connectivity index (χ1v) is 7.60. The number of benzene rings is 1. The van der Waals surface area contributed by atoms with Gasteiger partial charge in [0, 0.05) is 17.8 Å². The molecule has 0 unspecified atom stereocenters. The fourth-order valence-corrected chi connectivity index (χ4v) is 2.41. The molecule has 4 rings (SSSR count). The third-order valence-electron chi connectivity index (χ3n) is 3.64. The first kappa shape index (κ1) is 14.4. The highest BCUT2D eigenvalue weighted by molar-refractivity contribution is 5.79. The van der Waals surface area contributed by atoms with Crippen LogP contribution in [0.1, 0.15) is 25.6 Å². The zero-order chi connectivity index (χ0) is 16.7. The molecular weight excluding hydrogens is 306 g/mol. The van der Waals surface area contributed by atoms with Gasteiger partial charge in [-0.2, -0.15) is 4.98 Å². The zero-order valence-corrected chi connectivity index (χ0v) is 13.5. The monoisotopic (exact) mass is 321 g/mol. The third kappa shape index (κ3) is 2.41. The number of rotatable bonds is 3. The maximum Gasteiger partial charge on any atom is 0.258 e. The van der Waals surface area contributed by atoms with Gasteiger partial charge in [0.15, 0.2) is 0 Å². The average Bonchev–Trinajstić information content (AvgIpc) is 3.22. The van der Waals surface area contributed by atoms with E-state index in [1.807, 2.05) is 29.8 Å². The molecule has 24 heavy (non-hydrogen) atoms. The molecule has 0 aliphatic carbocycles. The van der Waals surface area contributed by atoms with Gasteiger partial charge >= 0.3 is 0 Å². The predicted octanol–water partition coefficient (Wildman–Crippen LogP) is 2.83. The van der Waals surface area contributed by atoms with Crippen LogP contribution in [0.3, 0.4) is 0 Å². The van der Waals surface area contributed by atoms with Crippen molar-refractivity contribution in [1.29, 1.82) is 0 Å². The summed E-state index contributed by atoms with van der Waals surface area (Å²) >= 11 is 0. The van der Waals surface area contributed by atoms with Crippen LogP contribution < -0.4 is 0 Å². The van der Waals surface area contributed by atoms with Crippen molar-refractivity contribution in [2.75, 3.05) is 0 Å². The second-order valence-electron chi connectivity index (χ2n) is 5.80. The van der Waals surface area contributed by atoms with E-state index < -0.39 is 0 Å². The van der Waals surface area contributed by atoms with Crippen LogP contribution in [0.15, 0.2) is 35.1 Å². The van der Waals surface area contributed by atoms with E-state index in [-0.39, 0.29) is 6.04 Å². The molecule has 8 heteroatoms. The Balaban J connectivity index is 1.71. The smallest absolute Gasteiger partial charge is 0.258 e. The summed E-state index contributed by atoms with van der Waals surface area (Å²) < 4.78 is 7.23. The summed E-state index contributed by atoms with van der Waals surface area (Å²) in [4.78, 5) is 12.8. The van der Waals surface area contributed by atoms with Crippen molar-refractivity contribution in [2.45, 2.75) is 26.8 Å². The lowest BCUT2D eigenvalue weighted by Crippen LogP contribution is -2.02. The molecule has 3 aromatic heterocycles. The van der Waals surface area contributed by atoms with Gasteiger partial charge in [-0.05, 0) is 39.0 Å². The quantitative estimate of drug-likeness (QED) is 0.572.